The molecule has 0 bridgehead atoms. The van der Waals surface area contributed by atoms with Crippen molar-refractivity contribution in [2.24, 2.45) is 18.9 Å². The molecule has 156 valence electrons. The Morgan fingerprint density at radius 3 is 2.59 bits per heavy atom. The molecule has 1 aliphatic rings. The second kappa shape index (κ2) is 9.75. The van der Waals surface area contributed by atoms with E-state index in [2.05, 4.69) is 15.6 Å². The molecule has 1 saturated heterocycles. The number of carbonyl (C=O) groups is 1. The first kappa shape index (κ1) is 23.7. The van der Waals surface area contributed by atoms with Crippen LogP contribution >= 0.6 is 12.4 Å². The van der Waals surface area contributed by atoms with Crippen molar-refractivity contribution >= 4 is 18.3 Å². The monoisotopic (exact) mass is 412 g/mol. The maximum Gasteiger partial charge on any atom is 0.424 e. The first-order chi connectivity index (χ1) is 12.1. The summed E-state index contributed by atoms with van der Waals surface area (Å²) in [6.07, 6.45) is -0.759. The third-order valence-corrected chi connectivity index (χ3v) is 5.16. The maximum atomic E-state index is 13.4. The second-order valence-electron chi connectivity index (χ2n) is 7.09. The molecule has 0 aliphatic carbocycles. The third-order valence-electron chi connectivity index (χ3n) is 5.16. The largest absolute Gasteiger partial charge is 0.424 e. The van der Waals surface area contributed by atoms with Crippen molar-refractivity contribution in [3.05, 3.63) is 18.2 Å². The van der Waals surface area contributed by atoms with Gasteiger partial charge >= 0.3 is 6.18 Å². The van der Waals surface area contributed by atoms with Crippen LogP contribution in [-0.2, 0) is 17.4 Å². The Bertz CT molecular complexity index is 605. The molecule has 2 heterocycles. The fourth-order valence-electron chi connectivity index (χ4n) is 3.47. The normalized spacial score (nSPS) is 19.0. The number of imidazole rings is 1. The summed E-state index contributed by atoms with van der Waals surface area (Å²) >= 11 is 0. The van der Waals surface area contributed by atoms with Crippen molar-refractivity contribution in [1.29, 1.82) is 0 Å². The highest BCUT2D eigenvalue weighted by Crippen LogP contribution is 2.40. The van der Waals surface area contributed by atoms with E-state index in [4.69, 9.17) is 0 Å². The Labute approximate surface area is 163 Å². The summed E-state index contributed by atoms with van der Waals surface area (Å²) in [5.41, 5.74) is -3.10. The molecule has 1 aromatic rings. The van der Waals surface area contributed by atoms with Crippen molar-refractivity contribution in [2.45, 2.75) is 44.4 Å². The quantitative estimate of drug-likeness (QED) is 0.641. The lowest BCUT2D eigenvalue weighted by Crippen LogP contribution is -2.46. The molecule has 0 spiro atoms. The van der Waals surface area contributed by atoms with Crippen molar-refractivity contribution < 1.29 is 23.1 Å². The number of aliphatic hydroxyl groups is 1. The van der Waals surface area contributed by atoms with Gasteiger partial charge in [-0.3, -0.25) is 4.79 Å². The molecule has 10 heteroatoms. The van der Waals surface area contributed by atoms with Crippen molar-refractivity contribution in [3.63, 3.8) is 0 Å². The van der Waals surface area contributed by atoms with Crippen LogP contribution in [0.3, 0.4) is 0 Å². The molecule has 1 amide bonds. The van der Waals surface area contributed by atoms with Crippen LogP contribution in [0.1, 0.15) is 38.4 Å². The number of hydrogen-bond acceptors (Lipinski definition) is 4. The molecule has 2 rings (SSSR count). The van der Waals surface area contributed by atoms with Crippen LogP contribution in [-0.4, -0.2) is 46.4 Å². The highest BCUT2D eigenvalue weighted by Gasteiger charge is 2.57. The summed E-state index contributed by atoms with van der Waals surface area (Å²) in [6.45, 7) is 3.58. The van der Waals surface area contributed by atoms with Gasteiger partial charge < -0.3 is 20.3 Å². The lowest BCUT2D eigenvalue weighted by atomic mass is 9.84. The fourth-order valence-corrected chi connectivity index (χ4v) is 3.47. The van der Waals surface area contributed by atoms with Gasteiger partial charge in [-0.2, -0.15) is 13.2 Å². The lowest BCUT2D eigenvalue weighted by Gasteiger charge is -2.30. The number of rotatable bonds is 7. The smallest absolute Gasteiger partial charge is 0.374 e. The summed E-state index contributed by atoms with van der Waals surface area (Å²) in [5, 5.41) is 16.0. The number of nitrogens with one attached hydrogen (secondary N) is 2. The summed E-state index contributed by atoms with van der Waals surface area (Å²) in [7, 11) is 1.39. The van der Waals surface area contributed by atoms with Gasteiger partial charge in [0, 0.05) is 38.8 Å². The van der Waals surface area contributed by atoms with Gasteiger partial charge in [-0.05, 0) is 37.8 Å². The van der Waals surface area contributed by atoms with Crippen LogP contribution in [0, 0.1) is 11.8 Å². The minimum Gasteiger partial charge on any atom is -0.374 e. The van der Waals surface area contributed by atoms with Gasteiger partial charge in [-0.25, -0.2) is 4.98 Å². The molecule has 2 atom stereocenters. The molecule has 0 saturated carbocycles. The van der Waals surface area contributed by atoms with Gasteiger partial charge in [0.05, 0.1) is 0 Å². The molecule has 6 nitrogen and oxygen atoms in total. The topological polar surface area (TPSA) is 79.2 Å². The number of carbonyl (C=O) groups excluding carboxylic acids is 1. The molecule has 0 aromatic carbocycles. The average Bonchev–Trinajstić information content (AvgIpc) is 3.01. The van der Waals surface area contributed by atoms with Crippen LogP contribution in [0.5, 0.6) is 0 Å². The first-order valence-corrected chi connectivity index (χ1v) is 8.89. The van der Waals surface area contributed by atoms with Crippen molar-refractivity contribution in [3.8, 4) is 0 Å². The molecular formula is C17H28ClF3N4O2. The number of aryl methyl sites for hydroxylation is 1. The van der Waals surface area contributed by atoms with Gasteiger partial charge in [0.25, 0.3) is 0 Å². The fraction of sp³-hybridized carbons (Fsp3) is 0.765. The number of aromatic nitrogens is 2. The predicted molar refractivity (Wildman–Crippen MR) is 97.4 cm³/mol. The van der Waals surface area contributed by atoms with Gasteiger partial charge in [0.15, 0.2) is 0 Å². The minimum atomic E-state index is -4.89. The maximum absolute atomic E-state index is 13.4. The Hall–Kier alpha value is -1.32. The van der Waals surface area contributed by atoms with Crippen LogP contribution in [0.4, 0.5) is 13.2 Å². The van der Waals surface area contributed by atoms with Gasteiger partial charge in [-0.15, -0.1) is 12.4 Å². The molecule has 2 unspecified atom stereocenters. The first-order valence-electron chi connectivity index (χ1n) is 8.89. The molecule has 0 radical (unpaired) electrons. The molecule has 1 aromatic heterocycles. The molecule has 3 N–H and O–H groups in total. The van der Waals surface area contributed by atoms with E-state index < -0.39 is 24.0 Å². The Morgan fingerprint density at radius 1 is 1.44 bits per heavy atom. The highest BCUT2D eigenvalue weighted by molar-refractivity contribution is 5.85. The molecule has 1 fully saturated rings. The highest BCUT2D eigenvalue weighted by atomic mass is 35.5. The van der Waals surface area contributed by atoms with E-state index in [1.54, 1.807) is 0 Å². The van der Waals surface area contributed by atoms with E-state index in [-0.39, 0.29) is 37.2 Å². The molecule has 27 heavy (non-hydrogen) atoms. The van der Waals surface area contributed by atoms with Crippen LogP contribution in [0.25, 0.3) is 0 Å². The molecular weight excluding hydrogens is 385 g/mol. The minimum absolute atomic E-state index is 0. The standard InChI is InChI=1S/C17H27F3N4O2.ClH/c1-12(13-3-6-21-7-4-13)11-14(25)22-8-5-16(26,17(18,19)20)15-23-9-10-24(15)2;/h9-10,12-13,21,26H,3-8,11H2,1-2H3,(H,22,25);1H. The Kier molecular flexibility index (Phi) is 8.56. The lowest BCUT2D eigenvalue weighted by molar-refractivity contribution is -0.272. The number of amides is 1. The van der Waals surface area contributed by atoms with Gasteiger partial charge in [0.2, 0.25) is 11.5 Å². The third kappa shape index (κ3) is 5.83. The van der Waals surface area contributed by atoms with Crippen molar-refractivity contribution in [2.75, 3.05) is 19.6 Å². The van der Waals surface area contributed by atoms with Crippen LogP contribution in [0.15, 0.2) is 12.4 Å². The number of hydrogen-bond donors (Lipinski definition) is 3. The SMILES string of the molecule is CC(CC(=O)NCCC(O)(c1nccn1C)C(F)(F)F)C1CCNCC1.Cl. The van der Waals surface area contributed by atoms with E-state index in [1.807, 2.05) is 6.92 Å². The zero-order valence-electron chi connectivity index (χ0n) is 15.6. The number of nitrogens with zero attached hydrogens (tertiary/aromatic N) is 2. The molecule has 1 aliphatic heterocycles. The van der Waals surface area contributed by atoms with E-state index in [1.165, 1.54) is 19.4 Å². The zero-order chi connectivity index (χ0) is 19.4. The Balaban J connectivity index is 0.00000364. The van der Waals surface area contributed by atoms with Crippen LogP contribution in [0.2, 0.25) is 0 Å². The number of piperidine rings is 1. The van der Waals surface area contributed by atoms with Gasteiger partial charge in [0.1, 0.15) is 5.82 Å². The second-order valence-corrected chi connectivity index (χ2v) is 7.09. The summed E-state index contributed by atoms with van der Waals surface area (Å²) in [4.78, 5) is 15.7. The van der Waals surface area contributed by atoms with Crippen LogP contribution < -0.4 is 10.6 Å². The summed E-state index contributed by atoms with van der Waals surface area (Å²) in [5.74, 6) is -0.155. The van der Waals surface area contributed by atoms with E-state index in [9.17, 15) is 23.1 Å². The average molecular weight is 413 g/mol. The van der Waals surface area contributed by atoms with E-state index in [0.29, 0.717) is 5.92 Å². The van der Waals surface area contributed by atoms with Crippen molar-refractivity contribution in [1.82, 2.24) is 20.2 Å². The van der Waals surface area contributed by atoms with E-state index >= 15 is 0 Å². The van der Waals surface area contributed by atoms with E-state index in [0.717, 1.165) is 30.5 Å². The summed E-state index contributed by atoms with van der Waals surface area (Å²) in [6, 6.07) is 0. The predicted octanol–water partition coefficient (Wildman–Crippen LogP) is 2.12. The Morgan fingerprint density at radius 2 is 2.07 bits per heavy atom. The van der Waals surface area contributed by atoms with Gasteiger partial charge in [-0.1, -0.05) is 6.92 Å². The summed E-state index contributed by atoms with van der Waals surface area (Å²) < 4.78 is 41.3. The zero-order valence-corrected chi connectivity index (χ0v) is 16.4. The number of halogens is 4. The number of alkyl halides is 3.